The zero-order valence-electron chi connectivity index (χ0n) is 8.65. The Morgan fingerprint density at radius 2 is 2.19 bits per heavy atom. The number of nitrogens with zero attached hydrogens (tertiary/aromatic N) is 2. The van der Waals surface area contributed by atoms with E-state index in [9.17, 15) is 0 Å². The molecule has 0 aliphatic heterocycles. The van der Waals surface area contributed by atoms with Gasteiger partial charge in [0, 0.05) is 11.9 Å². The zero-order valence-corrected chi connectivity index (χ0v) is 11.8. The van der Waals surface area contributed by atoms with E-state index in [1.165, 1.54) is 4.88 Å². The minimum atomic E-state index is 0.820. The third kappa shape index (κ3) is 2.97. The maximum atomic E-state index is 5.89. The van der Waals surface area contributed by atoms with Crippen molar-refractivity contribution < 1.29 is 0 Å². The highest BCUT2D eigenvalue weighted by Gasteiger charge is 2.05. The summed E-state index contributed by atoms with van der Waals surface area (Å²) in [5, 5.41) is 0. The molecule has 0 aliphatic carbocycles. The lowest BCUT2D eigenvalue weighted by molar-refractivity contribution is 0.909. The van der Waals surface area contributed by atoms with Crippen molar-refractivity contribution >= 4 is 44.7 Å². The molecule has 2 aromatic rings. The van der Waals surface area contributed by atoms with Crippen LogP contribution in [0.4, 0.5) is 5.82 Å². The second-order valence-corrected chi connectivity index (χ2v) is 5.99. The average Bonchev–Trinajstić information content (AvgIpc) is 2.64. The Morgan fingerprint density at radius 1 is 1.38 bits per heavy atom. The fraction of sp³-hybridized carbons (Fsp3) is 0.182. The minimum absolute atomic E-state index is 0.820. The smallest absolute Gasteiger partial charge is 0.129 e. The summed E-state index contributed by atoms with van der Waals surface area (Å²) in [6.45, 7) is 0.820. The van der Waals surface area contributed by atoms with Gasteiger partial charge in [0.05, 0.1) is 10.9 Å². The molecule has 16 heavy (non-hydrogen) atoms. The molecule has 0 N–H and O–H groups in total. The summed E-state index contributed by atoms with van der Waals surface area (Å²) < 4.78 is 1.67. The van der Waals surface area contributed by atoms with Crippen molar-refractivity contribution in [2.45, 2.75) is 6.54 Å². The normalized spacial score (nSPS) is 10.4. The molecule has 2 nitrogen and oxygen atoms in total. The van der Waals surface area contributed by atoms with Crippen molar-refractivity contribution in [1.82, 2.24) is 4.98 Å². The van der Waals surface area contributed by atoms with Crippen LogP contribution in [-0.2, 0) is 6.54 Å². The van der Waals surface area contributed by atoms with Crippen molar-refractivity contribution in [2.75, 3.05) is 11.9 Å². The van der Waals surface area contributed by atoms with Crippen molar-refractivity contribution in [2.24, 2.45) is 0 Å². The van der Waals surface area contributed by atoms with Gasteiger partial charge in [-0.25, -0.2) is 4.98 Å². The first-order chi connectivity index (χ1) is 7.65. The molecule has 2 heterocycles. The van der Waals surface area contributed by atoms with Gasteiger partial charge in [0.2, 0.25) is 0 Å². The molecule has 0 atom stereocenters. The summed E-state index contributed by atoms with van der Waals surface area (Å²) in [6.07, 6.45) is 0. The summed E-state index contributed by atoms with van der Waals surface area (Å²) in [7, 11) is 2.02. The lowest BCUT2D eigenvalue weighted by Gasteiger charge is -2.17. The molecule has 0 fully saturated rings. The number of hydrogen-bond acceptors (Lipinski definition) is 3. The molecule has 0 radical (unpaired) electrons. The lowest BCUT2D eigenvalue weighted by atomic mass is 10.4. The van der Waals surface area contributed by atoms with E-state index in [1.807, 2.05) is 37.4 Å². The summed E-state index contributed by atoms with van der Waals surface area (Å²) in [5.74, 6) is 0.943. The van der Waals surface area contributed by atoms with Crippen LogP contribution >= 0.6 is 38.9 Å². The second kappa shape index (κ2) is 5.17. The molecule has 0 aliphatic rings. The molecule has 0 spiro atoms. The molecule has 0 saturated heterocycles. The maximum Gasteiger partial charge on any atom is 0.129 e. The van der Waals surface area contributed by atoms with Gasteiger partial charge in [-0.15, -0.1) is 11.3 Å². The Bertz CT molecular complexity index is 486. The number of hydrogen-bond donors (Lipinski definition) is 0. The van der Waals surface area contributed by atoms with Gasteiger partial charge in [-0.1, -0.05) is 17.7 Å². The lowest BCUT2D eigenvalue weighted by Crippen LogP contribution is -2.16. The van der Waals surface area contributed by atoms with E-state index >= 15 is 0 Å². The number of pyridine rings is 1. The van der Waals surface area contributed by atoms with Crippen LogP contribution in [0.3, 0.4) is 0 Å². The quantitative estimate of drug-likeness (QED) is 0.789. The zero-order chi connectivity index (χ0) is 11.5. The SMILES string of the molecule is CN(Cc1ccc(Cl)s1)c1cccc(Br)n1. The van der Waals surface area contributed by atoms with Crippen molar-refractivity contribution in [3.8, 4) is 0 Å². The molecule has 0 unspecified atom stereocenters. The van der Waals surface area contributed by atoms with E-state index in [4.69, 9.17) is 11.6 Å². The Morgan fingerprint density at radius 3 is 2.81 bits per heavy atom. The third-order valence-electron chi connectivity index (χ3n) is 2.11. The molecule has 0 saturated carbocycles. The van der Waals surface area contributed by atoms with E-state index < -0.39 is 0 Å². The van der Waals surface area contributed by atoms with Crippen LogP contribution in [0, 0.1) is 0 Å². The highest BCUT2D eigenvalue weighted by atomic mass is 79.9. The average molecular weight is 318 g/mol. The van der Waals surface area contributed by atoms with Crippen LogP contribution < -0.4 is 4.90 Å². The maximum absolute atomic E-state index is 5.89. The van der Waals surface area contributed by atoms with Crippen LogP contribution in [0.1, 0.15) is 4.88 Å². The molecular formula is C11H10BrClN2S. The Hall–Kier alpha value is -0.580. The summed E-state index contributed by atoms with van der Waals surface area (Å²) in [6, 6.07) is 9.84. The monoisotopic (exact) mass is 316 g/mol. The van der Waals surface area contributed by atoms with Crippen molar-refractivity contribution in [1.29, 1.82) is 0 Å². The first-order valence-corrected chi connectivity index (χ1v) is 6.72. The Labute approximate surface area is 112 Å². The predicted molar refractivity (Wildman–Crippen MR) is 73.4 cm³/mol. The molecule has 84 valence electrons. The fourth-order valence-corrected chi connectivity index (χ4v) is 2.84. The van der Waals surface area contributed by atoms with Crippen LogP contribution in [-0.4, -0.2) is 12.0 Å². The molecule has 5 heteroatoms. The third-order valence-corrected chi connectivity index (χ3v) is 3.77. The van der Waals surface area contributed by atoms with E-state index in [-0.39, 0.29) is 0 Å². The summed E-state index contributed by atoms with van der Waals surface area (Å²) >= 11 is 10.9. The molecule has 0 bridgehead atoms. The summed E-state index contributed by atoms with van der Waals surface area (Å²) in [5.41, 5.74) is 0. The Kier molecular flexibility index (Phi) is 3.84. The number of thiophene rings is 1. The van der Waals surface area contributed by atoms with Gasteiger partial charge in [-0.05, 0) is 40.2 Å². The van der Waals surface area contributed by atoms with E-state index in [0.717, 1.165) is 21.3 Å². The summed E-state index contributed by atoms with van der Waals surface area (Å²) in [4.78, 5) is 7.71. The fourth-order valence-electron chi connectivity index (χ4n) is 1.36. The van der Waals surface area contributed by atoms with Gasteiger partial charge in [0.1, 0.15) is 10.4 Å². The number of anilines is 1. The number of aromatic nitrogens is 1. The first-order valence-electron chi connectivity index (χ1n) is 4.73. The minimum Gasteiger partial charge on any atom is -0.354 e. The molecule has 0 aromatic carbocycles. The molecule has 0 amide bonds. The van der Waals surface area contributed by atoms with E-state index in [0.29, 0.717) is 0 Å². The van der Waals surface area contributed by atoms with Crippen LogP contribution in [0.2, 0.25) is 4.34 Å². The van der Waals surface area contributed by atoms with Gasteiger partial charge >= 0.3 is 0 Å². The van der Waals surface area contributed by atoms with Gasteiger partial charge < -0.3 is 4.90 Å². The van der Waals surface area contributed by atoms with Gasteiger partial charge in [-0.3, -0.25) is 0 Å². The number of halogens is 2. The van der Waals surface area contributed by atoms with Crippen LogP contribution in [0.15, 0.2) is 34.9 Å². The standard InChI is InChI=1S/C11H10BrClN2S/c1-15(7-8-5-6-10(13)16-8)11-4-2-3-9(12)14-11/h2-6H,7H2,1H3. The Balaban J connectivity index is 2.11. The van der Waals surface area contributed by atoms with Crippen molar-refractivity contribution in [3.63, 3.8) is 0 Å². The van der Waals surface area contributed by atoms with Crippen LogP contribution in [0.25, 0.3) is 0 Å². The van der Waals surface area contributed by atoms with Crippen molar-refractivity contribution in [3.05, 3.63) is 44.1 Å². The van der Waals surface area contributed by atoms with E-state index in [2.05, 4.69) is 25.8 Å². The number of rotatable bonds is 3. The van der Waals surface area contributed by atoms with Gasteiger partial charge in [0.15, 0.2) is 0 Å². The molecule has 2 aromatic heterocycles. The topological polar surface area (TPSA) is 16.1 Å². The van der Waals surface area contributed by atoms with E-state index in [1.54, 1.807) is 11.3 Å². The first kappa shape index (κ1) is 11.9. The largest absolute Gasteiger partial charge is 0.354 e. The van der Waals surface area contributed by atoms with Crippen LogP contribution in [0.5, 0.6) is 0 Å². The molecule has 2 rings (SSSR count). The van der Waals surface area contributed by atoms with Gasteiger partial charge in [0.25, 0.3) is 0 Å². The van der Waals surface area contributed by atoms with Gasteiger partial charge in [-0.2, -0.15) is 0 Å². The molecular weight excluding hydrogens is 308 g/mol. The second-order valence-electron chi connectivity index (χ2n) is 3.38. The highest BCUT2D eigenvalue weighted by molar-refractivity contribution is 9.10. The predicted octanol–water partition coefficient (Wildman–Crippen LogP) is 4.20. The highest BCUT2D eigenvalue weighted by Crippen LogP contribution is 2.24.